The number of rotatable bonds is 1. The number of allylic oxidation sites excluding steroid dienone is 1. The smallest absolute Gasteiger partial charge is 0.335 e. The van der Waals surface area contributed by atoms with Crippen molar-refractivity contribution in [3.05, 3.63) is 35.6 Å². The summed E-state index contributed by atoms with van der Waals surface area (Å²) in [5, 5.41) is 8.74. The van der Waals surface area contributed by atoms with Crippen LogP contribution in [0.3, 0.4) is 0 Å². The highest BCUT2D eigenvalue weighted by Crippen LogP contribution is 2.15. The Bertz CT molecular complexity index is 325. The van der Waals surface area contributed by atoms with Gasteiger partial charge >= 0.3 is 5.97 Å². The Hall–Kier alpha value is -1.55. The number of carboxylic acids is 1. The zero-order valence-corrected chi connectivity index (χ0v) is 7.32. The maximum atomic E-state index is 10.7. The van der Waals surface area contributed by atoms with Crippen LogP contribution in [0.15, 0.2) is 35.6 Å². The predicted molar refractivity (Wildman–Crippen MR) is 49.7 cm³/mol. The van der Waals surface area contributed by atoms with E-state index in [1.54, 1.807) is 13.0 Å². The van der Waals surface area contributed by atoms with Crippen molar-refractivity contribution in [2.75, 3.05) is 0 Å². The van der Waals surface area contributed by atoms with Gasteiger partial charge in [-0.1, -0.05) is 0 Å². The average Bonchev–Trinajstić information content (AvgIpc) is 2.07. The molecule has 13 heavy (non-hydrogen) atoms. The van der Waals surface area contributed by atoms with Gasteiger partial charge in [-0.3, -0.25) is 0 Å². The van der Waals surface area contributed by atoms with E-state index in [4.69, 9.17) is 16.6 Å². The lowest BCUT2D eigenvalue weighted by molar-refractivity contribution is -0.132. The fourth-order valence-corrected chi connectivity index (χ4v) is 1.15. The van der Waals surface area contributed by atoms with Gasteiger partial charge in [0, 0.05) is 5.70 Å². The zero-order valence-electron chi connectivity index (χ0n) is 7.32. The van der Waals surface area contributed by atoms with Crippen LogP contribution in [0.25, 0.3) is 0 Å². The summed E-state index contributed by atoms with van der Waals surface area (Å²) in [7, 11) is 0. The lowest BCUT2D eigenvalue weighted by Gasteiger charge is -2.14. The predicted octanol–water partition coefficient (Wildman–Crippen LogP) is 0.127. The van der Waals surface area contributed by atoms with Crippen molar-refractivity contribution in [3.8, 4) is 0 Å². The Morgan fingerprint density at radius 3 is 2.62 bits per heavy atom. The van der Waals surface area contributed by atoms with Gasteiger partial charge in [0.25, 0.3) is 0 Å². The molecule has 0 aromatic rings. The second-order valence-corrected chi connectivity index (χ2v) is 3.25. The first kappa shape index (κ1) is 9.54. The highest BCUT2D eigenvalue weighted by molar-refractivity contribution is 5.90. The molecule has 1 aliphatic rings. The molecule has 0 fully saturated rings. The molecule has 0 spiro atoms. The van der Waals surface area contributed by atoms with E-state index in [0.29, 0.717) is 5.70 Å². The number of nitrogens with two attached hydrogens (primary N) is 2. The third-order valence-corrected chi connectivity index (χ3v) is 1.65. The van der Waals surface area contributed by atoms with Gasteiger partial charge < -0.3 is 16.6 Å². The molecule has 0 heterocycles. The van der Waals surface area contributed by atoms with Gasteiger partial charge in [0.05, 0.1) is 11.1 Å². The minimum Gasteiger partial charge on any atom is -0.478 e. The minimum absolute atomic E-state index is 0.154. The third-order valence-electron chi connectivity index (χ3n) is 1.65. The van der Waals surface area contributed by atoms with Crippen molar-refractivity contribution in [2.45, 2.75) is 12.5 Å². The van der Waals surface area contributed by atoms with E-state index in [2.05, 4.69) is 0 Å². The lowest BCUT2D eigenvalue weighted by Crippen LogP contribution is -2.32. The molecule has 4 heteroatoms. The number of aliphatic carboxylic acids is 1. The van der Waals surface area contributed by atoms with E-state index in [1.165, 1.54) is 18.2 Å². The van der Waals surface area contributed by atoms with Gasteiger partial charge in [0.1, 0.15) is 0 Å². The standard InChI is InChI=1S/C9H12N2O2/c1-9(11)4-6(8(12)13)2-3-7(10)5-9/h2-5H,10-11H2,1H3,(H,12,13). The van der Waals surface area contributed by atoms with E-state index >= 15 is 0 Å². The lowest BCUT2D eigenvalue weighted by atomic mass is 10.0. The van der Waals surface area contributed by atoms with Gasteiger partial charge in [-0.05, 0) is 31.2 Å². The van der Waals surface area contributed by atoms with E-state index in [0.717, 1.165) is 0 Å². The van der Waals surface area contributed by atoms with Crippen molar-refractivity contribution < 1.29 is 9.90 Å². The van der Waals surface area contributed by atoms with E-state index in [1.807, 2.05) is 0 Å². The Morgan fingerprint density at radius 1 is 1.46 bits per heavy atom. The van der Waals surface area contributed by atoms with Crippen LogP contribution in [0.1, 0.15) is 6.92 Å². The SMILES string of the molecule is CC1(N)C=C(N)C=CC(C(=O)O)=C1. The van der Waals surface area contributed by atoms with E-state index < -0.39 is 11.5 Å². The summed E-state index contributed by atoms with van der Waals surface area (Å²) >= 11 is 0. The van der Waals surface area contributed by atoms with Crippen molar-refractivity contribution in [2.24, 2.45) is 11.5 Å². The van der Waals surface area contributed by atoms with Crippen LogP contribution in [0.2, 0.25) is 0 Å². The van der Waals surface area contributed by atoms with Crippen molar-refractivity contribution in [3.63, 3.8) is 0 Å². The summed E-state index contributed by atoms with van der Waals surface area (Å²) in [5.41, 5.74) is 11.1. The normalized spacial score (nSPS) is 27.5. The molecule has 0 radical (unpaired) electrons. The van der Waals surface area contributed by atoms with Gasteiger partial charge in [-0.25, -0.2) is 4.79 Å². The first-order valence-electron chi connectivity index (χ1n) is 3.82. The fraction of sp³-hybridized carbons (Fsp3) is 0.222. The molecule has 4 nitrogen and oxygen atoms in total. The van der Waals surface area contributed by atoms with Crippen LogP contribution in [-0.2, 0) is 4.79 Å². The van der Waals surface area contributed by atoms with Crippen LogP contribution < -0.4 is 11.5 Å². The molecule has 5 N–H and O–H groups in total. The molecule has 1 unspecified atom stereocenters. The molecular weight excluding hydrogens is 168 g/mol. The first-order valence-corrected chi connectivity index (χ1v) is 3.82. The van der Waals surface area contributed by atoms with Gasteiger partial charge in [-0.2, -0.15) is 0 Å². The molecule has 0 bridgehead atoms. The summed E-state index contributed by atoms with van der Waals surface area (Å²) in [4.78, 5) is 10.7. The van der Waals surface area contributed by atoms with E-state index in [-0.39, 0.29) is 5.57 Å². The maximum absolute atomic E-state index is 10.7. The monoisotopic (exact) mass is 180 g/mol. The topological polar surface area (TPSA) is 89.3 Å². The van der Waals surface area contributed by atoms with Crippen LogP contribution >= 0.6 is 0 Å². The van der Waals surface area contributed by atoms with Gasteiger partial charge in [0.15, 0.2) is 0 Å². The number of hydrogen-bond donors (Lipinski definition) is 3. The largest absolute Gasteiger partial charge is 0.478 e. The molecule has 1 atom stereocenters. The molecule has 0 aromatic heterocycles. The van der Waals surface area contributed by atoms with E-state index in [9.17, 15) is 4.79 Å². The Balaban J connectivity index is 3.11. The highest BCUT2D eigenvalue weighted by Gasteiger charge is 2.17. The second kappa shape index (κ2) is 3.06. The molecule has 0 saturated carbocycles. The molecule has 1 rings (SSSR count). The van der Waals surface area contributed by atoms with Gasteiger partial charge in [0.2, 0.25) is 0 Å². The van der Waals surface area contributed by atoms with Crippen LogP contribution in [0.4, 0.5) is 0 Å². The summed E-state index contributed by atoms with van der Waals surface area (Å²) < 4.78 is 0. The number of hydrogen-bond acceptors (Lipinski definition) is 3. The van der Waals surface area contributed by atoms with Crippen LogP contribution in [0.5, 0.6) is 0 Å². The van der Waals surface area contributed by atoms with Crippen molar-refractivity contribution >= 4 is 5.97 Å². The molecule has 0 saturated heterocycles. The van der Waals surface area contributed by atoms with Crippen molar-refractivity contribution in [1.29, 1.82) is 0 Å². The molecular formula is C9H12N2O2. The van der Waals surface area contributed by atoms with Crippen molar-refractivity contribution in [1.82, 2.24) is 0 Å². The average molecular weight is 180 g/mol. The zero-order chi connectivity index (χ0) is 10.1. The second-order valence-electron chi connectivity index (χ2n) is 3.25. The fourth-order valence-electron chi connectivity index (χ4n) is 1.15. The summed E-state index contributed by atoms with van der Waals surface area (Å²) in [6.45, 7) is 1.69. The Kier molecular flexibility index (Phi) is 2.25. The maximum Gasteiger partial charge on any atom is 0.335 e. The molecule has 1 aliphatic carbocycles. The molecule has 70 valence electrons. The molecule has 0 aromatic carbocycles. The number of carboxylic acid groups (broad SMARTS) is 1. The summed E-state index contributed by atoms with van der Waals surface area (Å²) in [6.07, 6.45) is 6.04. The van der Waals surface area contributed by atoms with Crippen LogP contribution in [0, 0.1) is 0 Å². The Labute approximate surface area is 76.2 Å². The number of carbonyl (C=O) groups is 1. The van der Waals surface area contributed by atoms with Crippen LogP contribution in [-0.4, -0.2) is 16.6 Å². The third kappa shape index (κ3) is 2.45. The minimum atomic E-state index is -1.00. The summed E-state index contributed by atoms with van der Waals surface area (Å²) in [5.74, 6) is -1.00. The highest BCUT2D eigenvalue weighted by atomic mass is 16.4. The van der Waals surface area contributed by atoms with Gasteiger partial charge in [-0.15, -0.1) is 0 Å². The molecule has 0 amide bonds. The first-order chi connectivity index (χ1) is 5.91. The Morgan fingerprint density at radius 2 is 2.08 bits per heavy atom. The molecule has 0 aliphatic heterocycles. The summed E-state index contributed by atoms with van der Waals surface area (Å²) in [6, 6.07) is 0. The quantitative estimate of drug-likeness (QED) is 0.535.